The smallest absolute Gasteiger partial charge is 0.222 e. The zero-order valence-corrected chi connectivity index (χ0v) is 14.5. The summed E-state index contributed by atoms with van der Waals surface area (Å²) >= 11 is 0. The summed E-state index contributed by atoms with van der Waals surface area (Å²) in [6, 6.07) is 7.90. The molecule has 0 radical (unpaired) electrons. The predicted molar refractivity (Wildman–Crippen MR) is 93.1 cm³/mol. The van der Waals surface area contributed by atoms with Gasteiger partial charge >= 0.3 is 0 Å². The molecule has 1 saturated heterocycles. The van der Waals surface area contributed by atoms with E-state index >= 15 is 0 Å². The highest BCUT2D eigenvalue weighted by Gasteiger charge is 2.31. The van der Waals surface area contributed by atoms with Crippen LogP contribution in [0.3, 0.4) is 0 Å². The molecule has 3 rings (SSSR count). The summed E-state index contributed by atoms with van der Waals surface area (Å²) in [5.41, 5.74) is 1.16. The van der Waals surface area contributed by atoms with E-state index in [1.165, 1.54) is 12.8 Å². The Kier molecular flexibility index (Phi) is 5.74. The molecule has 1 N–H and O–H groups in total. The van der Waals surface area contributed by atoms with Crippen LogP contribution in [0.15, 0.2) is 24.3 Å². The summed E-state index contributed by atoms with van der Waals surface area (Å²) in [4.78, 5) is 16.6. The van der Waals surface area contributed by atoms with Gasteiger partial charge in [-0.3, -0.25) is 9.69 Å². The van der Waals surface area contributed by atoms with Gasteiger partial charge in [0, 0.05) is 39.1 Å². The molecule has 24 heavy (non-hydrogen) atoms. The van der Waals surface area contributed by atoms with Crippen molar-refractivity contribution < 1.29 is 14.6 Å². The van der Waals surface area contributed by atoms with Gasteiger partial charge in [-0.15, -0.1) is 0 Å². The lowest BCUT2D eigenvalue weighted by Gasteiger charge is -2.35. The number of aliphatic hydroxyl groups excluding tert-OH is 1. The highest BCUT2D eigenvalue weighted by molar-refractivity contribution is 5.76. The summed E-state index contributed by atoms with van der Waals surface area (Å²) in [5.74, 6) is 1.59. The summed E-state index contributed by atoms with van der Waals surface area (Å²) < 4.78 is 5.15. The number of hydrogen-bond donors (Lipinski definition) is 1. The average molecular weight is 332 g/mol. The summed E-state index contributed by atoms with van der Waals surface area (Å²) in [5, 5.41) is 10.0. The number of piperazine rings is 1. The van der Waals surface area contributed by atoms with Crippen molar-refractivity contribution in [3.05, 3.63) is 29.8 Å². The molecule has 1 amide bonds. The minimum absolute atomic E-state index is 0.178. The van der Waals surface area contributed by atoms with Gasteiger partial charge in [-0.05, 0) is 42.9 Å². The molecule has 0 aromatic heterocycles. The second-order valence-electron chi connectivity index (χ2n) is 6.93. The number of rotatable bonds is 7. The van der Waals surface area contributed by atoms with E-state index in [1.54, 1.807) is 7.11 Å². The van der Waals surface area contributed by atoms with Crippen molar-refractivity contribution in [2.45, 2.75) is 31.8 Å². The Bertz CT molecular complexity index is 534. The molecule has 5 heteroatoms. The second-order valence-corrected chi connectivity index (χ2v) is 6.93. The molecule has 1 aliphatic heterocycles. The van der Waals surface area contributed by atoms with Crippen LogP contribution >= 0.6 is 0 Å². The van der Waals surface area contributed by atoms with E-state index in [-0.39, 0.29) is 12.0 Å². The van der Waals surface area contributed by atoms with Gasteiger partial charge in [0.1, 0.15) is 5.75 Å². The van der Waals surface area contributed by atoms with E-state index in [9.17, 15) is 9.90 Å². The Morgan fingerprint density at radius 2 is 1.88 bits per heavy atom. The molecule has 1 atom stereocenters. The summed E-state index contributed by atoms with van der Waals surface area (Å²) in [7, 11) is 1.65. The minimum Gasteiger partial charge on any atom is -0.497 e. The molecule has 5 nitrogen and oxygen atoms in total. The number of aryl methyl sites for hydroxylation is 1. The molecule has 0 bridgehead atoms. The molecule has 1 aromatic carbocycles. The average Bonchev–Trinajstić information content (AvgIpc) is 3.46. The fourth-order valence-corrected chi connectivity index (χ4v) is 3.28. The molecular formula is C19H28N2O3. The van der Waals surface area contributed by atoms with Crippen LogP contribution in [0, 0.1) is 5.92 Å². The zero-order chi connectivity index (χ0) is 16.9. The predicted octanol–water partition coefficient (Wildman–Crippen LogP) is 1.54. The molecule has 1 saturated carbocycles. The van der Waals surface area contributed by atoms with Gasteiger partial charge < -0.3 is 14.7 Å². The molecule has 132 valence electrons. The molecule has 0 spiro atoms. The third kappa shape index (κ3) is 4.71. The van der Waals surface area contributed by atoms with Gasteiger partial charge in [0.25, 0.3) is 0 Å². The number of nitrogens with zero attached hydrogens (tertiary/aromatic N) is 2. The lowest BCUT2D eigenvalue weighted by Crippen LogP contribution is -2.50. The zero-order valence-electron chi connectivity index (χ0n) is 14.5. The highest BCUT2D eigenvalue weighted by Crippen LogP contribution is 2.32. The monoisotopic (exact) mass is 332 g/mol. The molecular weight excluding hydrogens is 304 g/mol. The Morgan fingerprint density at radius 1 is 1.21 bits per heavy atom. The van der Waals surface area contributed by atoms with Crippen LogP contribution in [-0.2, 0) is 11.2 Å². The van der Waals surface area contributed by atoms with Crippen molar-refractivity contribution in [1.82, 2.24) is 9.80 Å². The maximum Gasteiger partial charge on any atom is 0.222 e. The Morgan fingerprint density at radius 3 is 2.46 bits per heavy atom. The molecule has 1 aliphatic carbocycles. The van der Waals surface area contributed by atoms with Crippen LogP contribution in [0.5, 0.6) is 5.75 Å². The van der Waals surface area contributed by atoms with Gasteiger partial charge in [0.2, 0.25) is 5.91 Å². The number of amides is 1. The Hall–Kier alpha value is -1.59. The van der Waals surface area contributed by atoms with E-state index in [4.69, 9.17) is 4.74 Å². The van der Waals surface area contributed by atoms with Gasteiger partial charge in [0.15, 0.2) is 0 Å². The van der Waals surface area contributed by atoms with Gasteiger partial charge in [0.05, 0.1) is 13.2 Å². The molecule has 2 fully saturated rings. The van der Waals surface area contributed by atoms with Crippen LogP contribution < -0.4 is 4.74 Å². The van der Waals surface area contributed by atoms with E-state index < -0.39 is 0 Å². The van der Waals surface area contributed by atoms with Crippen LogP contribution in [0.2, 0.25) is 0 Å². The quantitative estimate of drug-likeness (QED) is 0.823. The number of hydrogen-bond acceptors (Lipinski definition) is 4. The van der Waals surface area contributed by atoms with Crippen LogP contribution in [0.4, 0.5) is 0 Å². The minimum atomic E-state index is -0.178. The van der Waals surface area contributed by atoms with Crippen LogP contribution in [0.1, 0.15) is 24.8 Å². The van der Waals surface area contributed by atoms with Crippen molar-refractivity contribution in [1.29, 1.82) is 0 Å². The largest absolute Gasteiger partial charge is 0.497 e. The van der Waals surface area contributed by atoms with Crippen molar-refractivity contribution in [2.24, 2.45) is 5.92 Å². The van der Waals surface area contributed by atoms with Crippen molar-refractivity contribution in [3.8, 4) is 5.75 Å². The van der Waals surface area contributed by atoms with Gasteiger partial charge in [-0.1, -0.05) is 12.1 Å². The lowest BCUT2D eigenvalue weighted by molar-refractivity contribution is -0.133. The van der Waals surface area contributed by atoms with E-state index in [1.807, 2.05) is 29.2 Å². The fraction of sp³-hybridized carbons (Fsp3) is 0.632. The first kappa shape index (κ1) is 17.2. The Labute approximate surface area is 144 Å². The fourth-order valence-electron chi connectivity index (χ4n) is 3.28. The maximum absolute atomic E-state index is 12.4. The molecule has 0 unspecified atom stereocenters. The molecule has 2 aliphatic rings. The highest BCUT2D eigenvalue weighted by atomic mass is 16.5. The van der Waals surface area contributed by atoms with E-state index in [0.717, 1.165) is 50.5 Å². The number of methoxy groups -OCH3 is 1. The summed E-state index contributed by atoms with van der Waals surface area (Å²) in [6.07, 6.45) is 3.48. The maximum atomic E-state index is 12.4. The van der Waals surface area contributed by atoms with Crippen molar-refractivity contribution in [3.63, 3.8) is 0 Å². The SMILES string of the molecule is COc1ccc(CCC(=O)N2CCN(C[C@H](O)C3CC3)CC2)cc1. The first-order chi connectivity index (χ1) is 11.7. The number of carbonyl (C=O) groups excluding carboxylic acids is 1. The molecule has 1 heterocycles. The normalized spacial score (nSPS) is 20.0. The summed E-state index contributed by atoms with van der Waals surface area (Å²) in [6.45, 7) is 4.06. The first-order valence-electron chi connectivity index (χ1n) is 8.97. The molecule has 1 aromatic rings. The number of β-amino-alcohol motifs (C(OH)–C–C–N with tert-alkyl or cyclic N) is 1. The standard InChI is InChI=1S/C19H28N2O3/c1-24-17-7-2-15(3-8-17)4-9-19(23)21-12-10-20(11-13-21)14-18(22)16-5-6-16/h2-3,7-8,16,18,22H,4-6,9-14H2,1H3/t18-/m0/s1. The van der Waals surface area contributed by atoms with Crippen LogP contribution in [0.25, 0.3) is 0 Å². The van der Waals surface area contributed by atoms with Crippen molar-refractivity contribution in [2.75, 3.05) is 39.8 Å². The third-order valence-corrected chi connectivity index (χ3v) is 5.12. The van der Waals surface area contributed by atoms with E-state index in [0.29, 0.717) is 12.3 Å². The van der Waals surface area contributed by atoms with Gasteiger partial charge in [-0.2, -0.15) is 0 Å². The number of ether oxygens (including phenoxy) is 1. The van der Waals surface area contributed by atoms with Crippen molar-refractivity contribution >= 4 is 5.91 Å². The second kappa shape index (κ2) is 7.99. The number of aliphatic hydroxyl groups is 1. The van der Waals surface area contributed by atoms with Gasteiger partial charge in [-0.25, -0.2) is 0 Å². The number of carbonyl (C=O) groups is 1. The Balaban J connectivity index is 1.38. The topological polar surface area (TPSA) is 53.0 Å². The lowest BCUT2D eigenvalue weighted by atomic mass is 10.1. The van der Waals surface area contributed by atoms with Crippen LogP contribution in [-0.4, -0.2) is 66.8 Å². The van der Waals surface area contributed by atoms with E-state index in [2.05, 4.69) is 4.90 Å². The number of benzene rings is 1. The third-order valence-electron chi connectivity index (χ3n) is 5.12. The first-order valence-corrected chi connectivity index (χ1v) is 8.97.